The van der Waals surface area contributed by atoms with E-state index in [9.17, 15) is 0 Å². The lowest BCUT2D eigenvalue weighted by Gasteiger charge is -2.28. The van der Waals surface area contributed by atoms with Crippen molar-refractivity contribution < 1.29 is 4.74 Å². The molecule has 1 saturated carbocycles. The smallest absolute Gasteiger partial charge is 0.119 e. The number of nitriles is 1. The minimum atomic E-state index is 0.699. The van der Waals surface area contributed by atoms with Crippen LogP contribution in [0.1, 0.15) is 75.0 Å². The van der Waals surface area contributed by atoms with E-state index in [1.807, 2.05) is 12.1 Å². The maximum absolute atomic E-state index is 8.90. The van der Waals surface area contributed by atoms with Crippen LogP contribution in [-0.4, -0.2) is 6.61 Å². The van der Waals surface area contributed by atoms with Gasteiger partial charge in [-0.15, -0.1) is 0 Å². The van der Waals surface area contributed by atoms with Crippen molar-refractivity contribution in [2.75, 3.05) is 6.61 Å². The average Bonchev–Trinajstić information content (AvgIpc) is 2.78. The molecule has 2 nitrogen and oxygen atoms in total. The monoisotopic (exact) mass is 389 g/mol. The van der Waals surface area contributed by atoms with Crippen molar-refractivity contribution in [3.05, 3.63) is 65.2 Å². The Morgan fingerprint density at radius 3 is 2.10 bits per heavy atom. The molecule has 0 saturated heterocycles. The van der Waals surface area contributed by atoms with Gasteiger partial charge in [-0.05, 0) is 85.8 Å². The van der Waals surface area contributed by atoms with Crippen LogP contribution in [-0.2, 0) is 12.8 Å². The number of nitrogens with zero attached hydrogens (tertiary/aromatic N) is 1. The molecule has 0 radical (unpaired) electrons. The van der Waals surface area contributed by atoms with Crippen LogP contribution in [0.2, 0.25) is 0 Å². The number of rotatable bonds is 10. The summed E-state index contributed by atoms with van der Waals surface area (Å²) >= 11 is 0. The number of hydrogen-bond acceptors (Lipinski definition) is 2. The van der Waals surface area contributed by atoms with Crippen molar-refractivity contribution in [2.24, 2.45) is 11.8 Å². The van der Waals surface area contributed by atoms with Gasteiger partial charge in [0.15, 0.2) is 0 Å². The van der Waals surface area contributed by atoms with Gasteiger partial charge < -0.3 is 4.74 Å². The SMILES string of the molecule is CCCCCc1ccc(OCC2CCC(CCc3ccc(C#N)cc3)CC2)cc1. The summed E-state index contributed by atoms with van der Waals surface area (Å²) in [5, 5.41) is 8.90. The van der Waals surface area contributed by atoms with Crippen molar-refractivity contribution in [1.29, 1.82) is 5.26 Å². The van der Waals surface area contributed by atoms with Gasteiger partial charge in [-0.1, -0.05) is 56.9 Å². The number of aryl methyl sites for hydroxylation is 2. The number of benzene rings is 2. The van der Waals surface area contributed by atoms with Gasteiger partial charge in [-0.2, -0.15) is 5.26 Å². The first kappa shape index (κ1) is 21.4. The van der Waals surface area contributed by atoms with Gasteiger partial charge in [0.2, 0.25) is 0 Å². The van der Waals surface area contributed by atoms with E-state index in [1.165, 1.54) is 68.9 Å². The molecule has 0 spiro atoms. The summed E-state index contributed by atoms with van der Waals surface area (Å²) < 4.78 is 6.09. The molecule has 1 aliphatic rings. The third-order valence-corrected chi connectivity index (χ3v) is 6.37. The van der Waals surface area contributed by atoms with E-state index in [0.717, 1.165) is 30.3 Å². The van der Waals surface area contributed by atoms with Crippen molar-refractivity contribution in [3.8, 4) is 11.8 Å². The van der Waals surface area contributed by atoms with Crippen LogP contribution in [0.5, 0.6) is 5.75 Å². The first-order valence-corrected chi connectivity index (χ1v) is 11.5. The summed E-state index contributed by atoms with van der Waals surface area (Å²) in [6.45, 7) is 3.11. The summed E-state index contributed by atoms with van der Waals surface area (Å²) in [5.74, 6) is 2.56. The molecule has 0 N–H and O–H groups in total. The van der Waals surface area contributed by atoms with Crippen LogP contribution >= 0.6 is 0 Å². The highest BCUT2D eigenvalue weighted by Crippen LogP contribution is 2.32. The highest BCUT2D eigenvalue weighted by Gasteiger charge is 2.21. The Balaban J connectivity index is 1.32. The molecule has 0 aromatic heterocycles. The van der Waals surface area contributed by atoms with Crippen molar-refractivity contribution in [1.82, 2.24) is 0 Å². The molecule has 2 aromatic carbocycles. The number of ether oxygens (including phenoxy) is 1. The van der Waals surface area contributed by atoms with E-state index >= 15 is 0 Å². The topological polar surface area (TPSA) is 33.0 Å². The van der Waals surface area contributed by atoms with Crippen LogP contribution in [0.3, 0.4) is 0 Å². The fourth-order valence-corrected chi connectivity index (χ4v) is 4.35. The van der Waals surface area contributed by atoms with Crippen LogP contribution in [0.15, 0.2) is 48.5 Å². The Morgan fingerprint density at radius 2 is 1.45 bits per heavy atom. The quantitative estimate of drug-likeness (QED) is 0.406. The summed E-state index contributed by atoms with van der Waals surface area (Å²) in [7, 11) is 0. The highest BCUT2D eigenvalue weighted by molar-refractivity contribution is 5.31. The summed E-state index contributed by atoms with van der Waals surface area (Å²) in [5.41, 5.74) is 3.53. The van der Waals surface area contributed by atoms with Crippen LogP contribution in [0.25, 0.3) is 0 Å². The molecular formula is C27H35NO. The molecule has 2 heteroatoms. The van der Waals surface area contributed by atoms with E-state index in [4.69, 9.17) is 10.00 Å². The van der Waals surface area contributed by atoms with Crippen LogP contribution in [0.4, 0.5) is 0 Å². The Hall–Kier alpha value is -2.27. The lowest BCUT2D eigenvalue weighted by molar-refractivity contribution is 0.179. The zero-order valence-electron chi connectivity index (χ0n) is 17.9. The van der Waals surface area contributed by atoms with Gasteiger partial charge in [0.05, 0.1) is 18.2 Å². The van der Waals surface area contributed by atoms with Crippen LogP contribution < -0.4 is 4.74 Å². The molecule has 1 fully saturated rings. The lowest BCUT2D eigenvalue weighted by atomic mass is 9.80. The van der Waals surface area contributed by atoms with Gasteiger partial charge >= 0.3 is 0 Å². The van der Waals surface area contributed by atoms with E-state index in [2.05, 4.69) is 49.4 Å². The first-order valence-electron chi connectivity index (χ1n) is 11.5. The van der Waals surface area contributed by atoms with Crippen molar-refractivity contribution in [2.45, 2.75) is 71.1 Å². The zero-order valence-corrected chi connectivity index (χ0v) is 17.9. The molecule has 0 bridgehead atoms. The van der Waals surface area contributed by atoms with Gasteiger partial charge in [0.1, 0.15) is 5.75 Å². The lowest BCUT2D eigenvalue weighted by Crippen LogP contribution is -2.20. The summed E-state index contributed by atoms with van der Waals surface area (Å²) in [4.78, 5) is 0. The van der Waals surface area contributed by atoms with E-state index in [1.54, 1.807) is 0 Å². The number of hydrogen-bond donors (Lipinski definition) is 0. The molecule has 29 heavy (non-hydrogen) atoms. The minimum absolute atomic E-state index is 0.699. The minimum Gasteiger partial charge on any atom is -0.493 e. The summed E-state index contributed by atoms with van der Waals surface area (Å²) in [6.07, 6.45) is 12.7. The fraction of sp³-hybridized carbons (Fsp3) is 0.519. The third-order valence-electron chi connectivity index (χ3n) is 6.37. The van der Waals surface area contributed by atoms with Crippen molar-refractivity contribution >= 4 is 0 Å². The molecule has 0 unspecified atom stereocenters. The second-order valence-corrected chi connectivity index (χ2v) is 8.65. The largest absolute Gasteiger partial charge is 0.493 e. The van der Waals surface area contributed by atoms with Gasteiger partial charge in [-0.25, -0.2) is 0 Å². The molecule has 1 aliphatic carbocycles. The standard InChI is InChI=1S/C27H35NO/c1-2-3-4-5-22-16-18-27(19-17-22)29-21-26-14-10-24(11-15-26)7-6-23-8-12-25(20-28)13-9-23/h8-9,12-13,16-19,24,26H,2-7,10-11,14-15,21H2,1H3. The second-order valence-electron chi connectivity index (χ2n) is 8.65. The first-order chi connectivity index (χ1) is 14.3. The predicted molar refractivity (Wildman–Crippen MR) is 120 cm³/mol. The molecule has 0 heterocycles. The summed E-state index contributed by atoms with van der Waals surface area (Å²) in [6, 6.07) is 19.0. The second kappa shape index (κ2) is 11.7. The fourth-order valence-electron chi connectivity index (χ4n) is 4.35. The Bertz CT molecular complexity index is 749. The van der Waals surface area contributed by atoms with Crippen LogP contribution in [0, 0.1) is 23.2 Å². The van der Waals surface area contributed by atoms with E-state index in [0.29, 0.717) is 5.92 Å². The highest BCUT2D eigenvalue weighted by atomic mass is 16.5. The Kier molecular flexibility index (Phi) is 8.62. The molecule has 2 aromatic rings. The molecule has 3 rings (SSSR count). The molecule has 154 valence electrons. The normalized spacial score (nSPS) is 18.9. The molecule has 0 aliphatic heterocycles. The number of unbranched alkanes of at least 4 members (excludes halogenated alkanes) is 2. The Morgan fingerprint density at radius 1 is 0.828 bits per heavy atom. The Labute approximate surface area is 176 Å². The molecule has 0 atom stereocenters. The predicted octanol–water partition coefficient (Wildman–Crippen LogP) is 7.11. The zero-order chi connectivity index (χ0) is 20.3. The molecular weight excluding hydrogens is 354 g/mol. The van der Waals surface area contributed by atoms with Gasteiger partial charge in [-0.3, -0.25) is 0 Å². The van der Waals surface area contributed by atoms with E-state index in [-0.39, 0.29) is 0 Å². The third kappa shape index (κ3) is 7.24. The van der Waals surface area contributed by atoms with Gasteiger partial charge in [0.25, 0.3) is 0 Å². The van der Waals surface area contributed by atoms with E-state index < -0.39 is 0 Å². The average molecular weight is 390 g/mol. The van der Waals surface area contributed by atoms with Gasteiger partial charge in [0, 0.05) is 0 Å². The maximum Gasteiger partial charge on any atom is 0.119 e. The van der Waals surface area contributed by atoms with Crippen molar-refractivity contribution in [3.63, 3.8) is 0 Å². The maximum atomic E-state index is 8.90. The molecule has 0 amide bonds.